The Morgan fingerprint density at radius 1 is 1.14 bits per heavy atom. The van der Waals surface area contributed by atoms with E-state index in [2.05, 4.69) is 29.6 Å². The Morgan fingerprint density at radius 3 is 2.59 bits per heavy atom. The molecule has 0 saturated heterocycles. The molecule has 0 saturated carbocycles. The molecule has 0 unspecified atom stereocenters. The van der Waals surface area contributed by atoms with Crippen LogP contribution in [-0.2, 0) is 10.0 Å². The molecule has 4 rings (SSSR count). The average molecular weight is 411 g/mol. The van der Waals surface area contributed by atoms with E-state index in [9.17, 15) is 8.42 Å². The van der Waals surface area contributed by atoms with Crippen molar-refractivity contribution in [2.75, 3.05) is 4.72 Å². The highest BCUT2D eigenvalue weighted by Gasteiger charge is 2.15. The molecule has 0 aliphatic heterocycles. The summed E-state index contributed by atoms with van der Waals surface area (Å²) in [5, 5.41) is -0.0170. The molecule has 2 N–H and O–H groups in total. The molecule has 148 valence electrons. The van der Waals surface area contributed by atoms with Gasteiger partial charge < -0.3 is 9.72 Å². The predicted octanol–water partition coefficient (Wildman–Crippen LogP) is 2.60. The molecule has 0 amide bonds. The lowest BCUT2D eigenvalue weighted by Crippen LogP contribution is -2.13. The lowest BCUT2D eigenvalue weighted by Gasteiger charge is -2.10. The fourth-order valence-electron chi connectivity index (χ4n) is 2.63. The summed E-state index contributed by atoms with van der Waals surface area (Å²) in [5.74, 6) is 2.86. The minimum atomic E-state index is -3.72. The van der Waals surface area contributed by atoms with E-state index in [1.54, 1.807) is 43.5 Å². The van der Waals surface area contributed by atoms with E-state index >= 15 is 0 Å². The summed E-state index contributed by atoms with van der Waals surface area (Å²) in [7, 11) is -3.72. The number of H-pyrrole nitrogens is 1. The smallest absolute Gasteiger partial charge is 0.278 e. The van der Waals surface area contributed by atoms with Crippen LogP contribution in [-0.4, -0.2) is 37.9 Å². The topological polar surface area (TPSA) is 128 Å². The molecule has 4 aromatic rings. The fraction of sp³-hybridized carbons (Fsp3) is 0.111. The first-order chi connectivity index (χ1) is 13.9. The SMILES string of the molecule is Cc1nc(Oc2ccc(NS(=O)(=O)c3cnc[nH]3)cc2)cc(-n2ccnc2C)n1. The third-order valence-electron chi connectivity index (χ3n) is 3.97. The molecule has 0 bridgehead atoms. The van der Waals surface area contributed by atoms with Gasteiger partial charge in [-0.1, -0.05) is 0 Å². The van der Waals surface area contributed by atoms with Crippen LogP contribution in [0, 0.1) is 13.8 Å². The lowest BCUT2D eigenvalue weighted by atomic mass is 10.3. The molecule has 29 heavy (non-hydrogen) atoms. The number of aryl methyl sites for hydroxylation is 2. The second kappa shape index (κ2) is 7.36. The van der Waals surface area contributed by atoms with Crippen molar-refractivity contribution in [3.05, 3.63) is 66.9 Å². The maximum atomic E-state index is 12.2. The van der Waals surface area contributed by atoms with Crippen LogP contribution in [0.4, 0.5) is 5.69 Å². The van der Waals surface area contributed by atoms with E-state index in [1.165, 1.54) is 12.5 Å². The van der Waals surface area contributed by atoms with Crippen molar-refractivity contribution < 1.29 is 13.2 Å². The minimum absolute atomic E-state index is 0.0170. The molecule has 10 nitrogen and oxygen atoms in total. The van der Waals surface area contributed by atoms with Gasteiger partial charge in [-0.3, -0.25) is 9.29 Å². The van der Waals surface area contributed by atoms with Gasteiger partial charge in [-0.25, -0.2) is 15.0 Å². The molecule has 0 spiro atoms. The second-order valence-electron chi connectivity index (χ2n) is 6.10. The number of nitrogens with one attached hydrogen (secondary N) is 2. The third kappa shape index (κ3) is 4.09. The maximum absolute atomic E-state index is 12.2. The Morgan fingerprint density at radius 2 is 1.93 bits per heavy atom. The van der Waals surface area contributed by atoms with E-state index in [0.717, 1.165) is 5.82 Å². The molecule has 1 aromatic carbocycles. The third-order valence-corrected chi connectivity index (χ3v) is 5.27. The van der Waals surface area contributed by atoms with Crippen molar-refractivity contribution >= 4 is 15.7 Å². The number of anilines is 1. The Kier molecular flexibility index (Phi) is 4.72. The van der Waals surface area contributed by atoms with Gasteiger partial charge in [0.1, 0.15) is 23.2 Å². The number of imidazole rings is 2. The van der Waals surface area contributed by atoms with Gasteiger partial charge in [0.2, 0.25) is 5.88 Å². The van der Waals surface area contributed by atoms with Gasteiger partial charge in [-0.15, -0.1) is 0 Å². The van der Waals surface area contributed by atoms with Crippen molar-refractivity contribution in [1.29, 1.82) is 0 Å². The number of aromatic nitrogens is 6. The van der Waals surface area contributed by atoms with Gasteiger partial charge in [0.15, 0.2) is 5.03 Å². The van der Waals surface area contributed by atoms with Crippen molar-refractivity contribution in [1.82, 2.24) is 29.5 Å². The number of ether oxygens (including phenoxy) is 1. The largest absolute Gasteiger partial charge is 0.439 e. The monoisotopic (exact) mass is 411 g/mol. The van der Waals surface area contributed by atoms with Gasteiger partial charge in [-0.2, -0.15) is 13.4 Å². The molecule has 0 atom stereocenters. The Balaban J connectivity index is 1.52. The van der Waals surface area contributed by atoms with Crippen LogP contribution in [0.2, 0.25) is 0 Å². The summed E-state index contributed by atoms with van der Waals surface area (Å²) >= 11 is 0. The lowest BCUT2D eigenvalue weighted by molar-refractivity contribution is 0.459. The fourth-order valence-corrected chi connectivity index (χ4v) is 3.60. The van der Waals surface area contributed by atoms with Crippen LogP contribution in [0.3, 0.4) is 0 Å². The van der Waals surface area contributed by atoms with Gasteiger partial charge in [0.05, 0.1) is 12.5 Å². The number of benzene rings is 1. The summed E-state index contributed by atoms with van der Waals surface area (Å²) in [5.41, 5.74) is 0.389. The number of aromatic amines is 1. The van der Waals surface area contributed by atoms with Gasteiger partial charge in [0.25, 0.3) is 10.0 Å². The normalized spacial score (nSPS) is 11.4. The molecular weight excluding hydrogens is 394 g/mol. The predicted molar refractivity (Wildman–Crippen MR) is 105 cm³/mol. The van der Waals surface area contributed by atoms with Crippen LogP contribution in [0.1, 0.15) is 11.6 Å². The van der Waals surface area contributed by atoms with Crippen molar-refractivity contribution in [3.63, 3.8) is 0 Å². The highest BCUT2D eigenvalue weighted by Crippen LogP contribution is 2.24. The van der Waals surface area contributed by atoms with Crippen molar-refractivity contribution in [2.24, 2.45) is 0 Å². The molecule has 0 aliphatic carbocycles. The number of hydrogen-bond acceptors (Lipinski definition) is 7. The summed E-state index contributed by atoms with van der Waals surface area (Å²) in [6, 6.07) is 8.18. The molecular formula is C18H17N7O3S. The van der Waals surface area contributed by atoms with Crippen molar-refractivity contribution in [2.45, 2.75) is 18.9 Å². The number of sulfonamides is 1. The minimum Gasteiger partial charge on any atom is -0.439 e. The Labute approximate surface area is 166 Å². The van der Waals surface area contributed by atoms with E-state index in [-0.39, 0.29) is 5.03 Å². The maximum Gasteiger partial charge on any atom is 0.278 e. The summed E-state index contributed by atoms with van der Waals surface area (Å²) in [6.45, 7) is 3.65. The van der Waals surface area contributed by atoms with Crippen LogP contribution in [0.5, 0.6) is 11.6 Å². The second-order valence-corrected chi connectivity index (χ2v) is 7.75. The van der Waals surface area contributed by atoms with E-state index in [1.807, 2.05) is 17.7 Å². The summed E-state index contributed by atoms with van der Waals surface area (Å²) < 4.78 is 34.5. The standard InChI is InChI=1S/C18H17N7O3S/c1-12-22-16(25-8-7-20-13(25)2)9-17(23-12)28-15-5-3-14(4-6-15)24-29(26,27)18-10-19-11-21-18/h3-11,24H,1-2H3,(H,19,21). The zero-order chi connectivity index (χ0) is 20.4. The molecule has 3 heterocycles. The molecule has 11 heteroatoms. The number of nitrogens with zero attached hydrogens (tertiary/aromatic N) is 5. The molecule has 0 fully saturated rings. The summed E-state index contributed by atoms with van der Waals surface area (Å²) in [6.07, 6.45) is 6.03. The Hall–Kier alpha value is -3.73. The number of rotatable bonds is 6. The van der Waals surface area contributed by atoms with E-state index < -0.39 is 10.0 Å². The molecule has 3 aromatic heterocycles. The highest BCUT2D eigenvalue weighted by molar-refractivity contribution is 7.92. The van der Waals surface area contributed by atoms with Crippen LogP contribution >= 0.6 is 0 Å². The zero-order valence-electron chi connectivity index (χ0n) is 15.6. The Bertz CT molecular complexity index is 1230. The van der Waals surface area contributed by atoms with Gasteiger partial charge in [-0.05, 0) is 38.1 Å². The van der Waals surface area contributed by atoms with Crippen molar-refractivity contribution in [3.8, 4) is 17.4 Å². The van der Waals surface area contributed by atoms with E-state index in [0.29, 0.717) is 29.0 Å². The first kappa shape index (κ1) is 18.6. The van der Waals surface area contributed by atoms with E-state index in [4.69, 9.17) is 4.74 Å². The highest BCUT2D eigenvalue weighted by atomic mass is 32.2. The average Bonchev–Trinajstić information content (AvgIpc) is 3.35. The van der Waals surface area contributed by atoms with Gasteiger partial charge in [0, 0.05) is 24.1 Å². The quantitative estimate of drug-likeness (QED) is 0.499. The van der Waals surface area contributed by atoms with Crippen LogP contribution < -0.4 is 9.46 Å². The zero-order valence-corrected chi connectivity index (χ0v) is 16.4. The first-order valence-electron chi connectivity index (χ1n) is 8.56. The summed E-state index contributed by atoms with van der Waals surface area (Å²) in [4.78, 5) is 19.2. The first-order valence-corrected chi connectivity index (χ1v) is 10.0. The molecule has 0 radical (unpaired) electrons. The van der Waals surface area contributed by atoms with Crippen LogP contribution in [0.15, 0.2) is 60.3 Å². The van der Waals surface area contributed by atoms with Gasteiger partial charge >= 0.3 is 0 Å². The van der Waals surface area contributed by atoms with Crippen LogP contribution in [0.25, 0.3) is 5.82 Å². The number of hydrogen-bond donors (Lipinski definition) is 2. The molecule has 0 aliphatic rings.